The van der Waals surface area contributed by atoms with Gasteiger partial charge in [-0.1, -0.05) is 11.3 Å². The summed E-state index contributed by atoms with van der Waals surface area (Å²) >= 11 is 2.26. The summed E-state index contributed by atoms with van der Waals surface area (Å²) < 4.78 is 2.89. The molecule has 0 fully saturated rings. The van der Waals surface area contributed by atoms with Crippen LogP contribution in [0.3, 0.4) is 0 Å². The van der Waals surface area contributed by atoms with E-state index in [0.29, 0.717) is 0 Å². The van der Waals surface area contributed by atoms with E-state index in [1.54, 1.807) is 10.9 Å². The van der Waals surface area contributed by atoms with Gasteiger partial charge in [0.2, 0.25) is 0 Å². The third-order valence-corrected chi connectivity index (χ3v) is 2.94. The molecule has 2 heterocycles. The molecule has 3 rings (SSSR count). The van der Waals surface area contributed by atoms with Crippen LogP contribution in [-0.2, 0) is 0 Å². The Bertz CT molecular complexity index is 633. The van der Waals surface area contributed by atoms with Crippen LogP contribution < -0.4 is 0 Å². The zero-order valence-corrected chi connectivity index (χ0v) is 10.4. The van der Waals surface area contributed by atoms with E-state index in [9.17, 15) is 0 Å². The minimum atomic E-state index is 0.784. The molecule has 0 spiro atoms. The molecule has 1 aromatic carbocycles. The molecule has 3 aromatic rings. The largest absolute Gasteiger partial charge is 0.237 e. The lowest BCUT2D eigenvalue weighted by Crippen LogP contribution is -1.98. The van der Waals surface area contributed by atoms with Gasteiger partial charge in [0.05, 0.1) is 5.52 Å². The number of fused-ring (bicyclic) bond motifs is 1. The molecule has 0 unspecified atom stereocenters. The Balaban J connectivity index is 2.26. The second kappa shape index (κ2) is 3.82. The van der Waals surface area contributed by atoms with Crippen LogP contribution in [0.4, 0.5) is 0 Å². The second-order valence-corrected chi connectivity index (χ2v) is 4.57. The number of halogens is 1. The first-order valence-electron chi connectivity index (χ1n) is 4.77. The van der Waals surface area contributed by atoms with E-state index in [2.05, 4.69) is 37.9 Å². The maximum absolute atomic E-state index is 4.25. The Morgan fingerprint density at radius 3 is 2.88 bits per heavy atom. The average Bonchev–Trinajstić information content (AvgIpc) is 2.73. The quantitative estimate of drug-likeness (QED) is 0.646. The summed E-state index contributed by atoms with van der Waals surface area (Å²) in [6.07, 6.45) is 1.75. The molecule has 0 bridgehead atoms. The van der Waals surface area contributed by atoms with Crippen molar-refractivity contribution in [3.8, 4) is 5.82 Å². The van der Waals surface area contributed by atoms with Crippen LogP contribution in [0.2, 0.25) is 0 Å². The Morgan fingerprint density at radius 1 is 1.12 bits per heavy atom. The SMILES string of the molecule is Ic1ccc2c(c1)nnn2-c1ccccn1. The average molecular weight is 322 g/mol. The van der Waals surface area contributed by atoms with Crippen LogP contribution >= 0.6 is 22.6 Å². The van der Waals surface area contributed by atoms with Crippen molar-refractivity contribution in [3.05, 3.63) is 46.2 Å². The van der Waals surface area contributed by atoms with Gasteiger partial charge in [0.15, 0.2) is 5.82 Å². The van der Waals surface area contributed by atoms with E-state index >= 15 is 0 Å². The molecule has 0 atom stereocenters. The van der Waals surface area contributed by atoms with Crippen molar-refractivity contribution in [2.75, 3.05) is 0 Å². The highest BCUT2D eigenvalue weighted by Gasteiger charge is 2.06. The lowest BCUT2D eigenvalue weighted by molar-refractivity contribution is 0.801. The fourth-order valence-electron chi connectivity index (χ4n) is 1.55. The van der Waals surface area contributed by atoms with Gasteiger partial charge in [0.25, 0.3) is 0 Å². The molecule has 0 saturated carbocycles. The normalized spacial score (nSPS) is 10.8. The minimum Gasteiger partial charge on any atom is -0.237 e. The second-order valence-electron chi connectivity index (χ2n) is 3.32. The molecule has 2 aromatic heterocycles. The molecule has 0 aliphatic carbocycles. The summed E-state index contributed by atoms with van der Waals surface area (Å²) in [4.78, 5) is 4.25. The first kappa shape index (κ1) is 9.71. The zero-order chi connectivity index (χ0) is 11.0. The monoisotopic (exact) mass is 322 g/mol. The minimum absolute atomic E-state index is 0.784. The van der Waals surface area contributed by atoms with Crippen molar-refractivity contribution < 1.29 is 0 Å². The van der Waals surface area contributed by atoms with Crippen molar-refractivity contribution in [1.82, 2.24) is 20.0 Å². The Morgan fingerprint density at radius 2 is 2.06 bits per heavy atom. The van der Waals surface area contributed by atoms with Crippen LogP contribution in [0.5, 0.6) is 0 Å². The fraction of sp³-hybridized carbons (Fsp3) is 0. The number of benzene rings is 1. The van der Waals surface area contributed by atoms with E-state index in [1.165, 1.54) is 0 Å². The number of hydrogen-bond donors (Lipinski definition) is 0. The maximum Gasteiger partial charge on any atom is 0.155 e. The molecular formula is C11H7IN4. The highest BCUT2D eigenvalue weighted by Crippen LogP contribution is 2.17. The molecule has 0 amide bonds. The number of aromatic nitrogens is 4. The summed E-state index contributed by atoms with van der Waals surface area (Å²) in [5, 5.41) is 8.23. The summed E-state index contributed by atoms with van der Waals surface area (Å²) in [6.45, 7) is 0. The number of nitrogens with zero attached hydrogens (tertiary/aromatic N) is 4. The number of rotatable bonds is 1. The van der Waals surface area contributed by atoms with Crippen molar-refractivity contribution in [2.24, 2.45) is 0 Å². The maximum atomic E-state index is 4.25. The third kappa shape index (κ3) is 1.57. The molecule has 0 radical (unpaired) electrons. The van der Waals surface area contributed by atoms with E-state index in [1.807, 2.05) is 36.4 Å². The molecule has 4 nitrogen and oxygen atoms in total. The van der Waals surface area contributed by atoms with Crippen LogP contribution in [0.15, 0.2) is 42.6 Å². The van der Waals surface area contributed by atoms with Crippen molar-refractivity contribution in [3.63, 3.8) is 0 Å². The van der Waals surface area contributed by atoms with Gasteiger partial charge >= 0.3 is 0 Å². The van der Waals surface area contributed by atoms with Crippen LogP contribution in [0, 0.1) is 3.57 Å². The van der Waals surface area contributed by atoms with Gasteiger partial charge in [-0.05, 0) is 52.9 Å². The van der Waals surface area contributed by atoms with E-state index in [-0.39, 0.29) is 0 Å². The Labute approximate surface area is 105 Å². The van der Waals surface area contributed by atoms with Crippen LogP contribution in [-0.4, -0.2) is 20.0 Å². The van der Waals surface area contributed by atoms with Gasteiger partial charge in [0, 0.05) is 9.77 Å². The van der Waals surface area contributed by atoms with Crippen molar-refractivity contribution in [2.45, 2.75) is 0 Å². The van der Waals surface area contributed by atoms with Gasteiger partial charge in [0.1, 0.15) is 5.52 Å². The van der Waals surface area contributed by atoms with Gasteiger partial charge in [-0.3, -0.25) is 0 Å². The molecule has 0 saturated heterocycles. The van der Waals surface area contributed by atoms with Gasteiger partial charge < -0.3 is 0 Å². The topological polar surface area (TPSA) is 43.6 Å². The number of pyridine rings is 1. The van der Waals surface area contributed by atoms with Gasteiger partial charge in [-0.15, -0.1) is 5.10 Å². The standard InChI is InChI=1S/C11H7IN4/c12-8-4-5-10-9(7-8)14-15-16(10)11-3-1-2-6-13-11/h1-7H. The molecule has 0 aliphatic heterocycles. The Kier molecular flexibility index (Phi) is 2.32. The molecule has 0 N–H and O–H groups in total. The Hall–Kier alpha value is -1.50. The first-order chi connectivity index (χ1) is 7.84. The van der Waals surface area contributed by atoms with Crippen LogP contribution in [0.25, 0.3) is 16.9 Å². The predicted molar refractivity (Wildman–Crippen MR) is 69.4 cm³/mol. The molecule has 16 heavy (non-hydrogen) atoms. The van der Waals surface area contributed by atoms with E-state index in [0.717, 1.165) is 20.4 Å². The summed E-state index contributed by atoms with van der Waals surface area (Å²) in [5.74, 6) is 0.784. The zero-order valence-electron chi connectivity index (χ0n) is 8.21. The molecule has 0 aliphatic rings. The third-order valence-electron chi connectivity index (χ3n) is 2.27. The van der Waals surface area contributed by atoms with Gasteiger partial charge in [-0.2, -0.15) is 4.68 Å². The predicted octanol–water partition coefficient (Wildman–Crippen LogP) is 2.42. The lowest BCUT2D eigenvalue weighted by Gasteiger charge is -1.99. The summed E-state index contributed by atoms with van der Waals surface area (Å²) in [7, 11) is 0. The molecule has 5 heteroatoms. The first-order valence-corrected chi connectivity index (χ1v) is 5.85. The smallest absolute Gasteiger partial charge is 0.155 e. The molecule has 78 valence electrons. The summed E-state index contributed by atoms with van der Waals surface area (Å²) in [5.41, 5.74) is 1.86. The summed E-state index contributed by atoms with van der Waals surface area (Å²) in [6, 6.07) is 11.8. The number of hydrogen-bond acceptors (Lipinski definition) is 3. The highest BCUT2D eigenvalue weighted by molar-refractivity contribution is 14.1. The molecular weight excluding hydrogens is 315 g/mol. The van der Waals surface area contributed by atoms with E-state index in [4.69, 9.17) is 0 Å². The van der Waals surface area contributed by atoms with Crippen LogP contribution in [0.1, 0.15) is 0 Å². The highest BCUT2D eigenvalue weighted by atomic mass is 127. The van der Waals surface area contributed by atoms with E-state index < -0.39 is 0 Å². The lowest BCUT2D eigenvalue weighted by atomic mass is 10.3. The van der Waals surface area contributed by atoms with Gasteiger partial charge in [-0.25, -0.2) is 4.98 Å². The fourth-order valence-corrected chi connectivity index (χ4v) is 2.02. The van der Waals surface area contributed by atoms with Crippen molar-refractivity contribution >= 4 is 33.6 Å². The van der Waals surface area contributed by atoms with Crippen molar-refractivity contribution in [1.29, 1.82) is 0 Å².